The molecule has 0 aromatic rings. The third-order valence-electron chi connectivity index (χ3n) is 1.83. The van der Waals surface area contributed by atoms with E-state index < -0.39 is 42.0 Å². The summed E-state index contributed by atoms with van der Waals surface area (Å²) in [5, 5.41) is 26.8. The third-order valence-corrected chi connectivity index (χ3v) is 1.83. The number of halogens is 3. The van der Waals surface area contributed by atoms with Crippen molar-refractivity contribution < 1.29 is 42.9 Å². The fourth-order valence-electron chi connectivity index (χ4n) is 0.747. The van der Waals surface area contributed by atoms with Crippen LogP contribution in [-0.4, -0.2) is 57.5 Å². The van der Waals surface area contributed by atoms with Gasteiger partial charge in [0.15, 0.2) is 0 Å². The standard InChI is InChI=1S/C8H16N2O4.C2HF3O2/c1-8(2,4-11)10-7(14)5(9)3-6(12)13;3-2(4,5)1(6)7/h5,11H,3-4,9H2,1-2H3,(H,10,14)(H,12,13);(H,6,7)/t5-;/m0./s1. The minimum Gasteiger partial charge on any atom is -0.481 e. The molecule has 11 heteroatoms. The second-order valence-electron chi connectivity index (χ2n) is 4.54. The van der Waals surface area contributed by atoms with Crippen LogP contribution < -0.4 is 11.1 Å². The lowest BCUT2D eigenvalue weighted by Gasteiger charge is -2.25. The summed E-state index contributed by atoms with van der Waals surface area (Å²) >= 11 is 0. The first kappa shape index (κ1) is 21.4. The summed E-state index contributed by atoms with van der Waals surface area (Å²) in [7, 11) is 0. The lowest BCUT2D eigenvalue weighted by Crippen LogP contribution is -2.52. The molecular weight excluding hydrogens is 301 g/mol. The maximum atomic E-state index is 11.2. The van der Waals surface area contributed by atoms with E-state index in [1.807, 2.05) is 0 Å². The van der Waals surface area contributed by atoms with Crippen molar-refractivity contribution in [1.82, 2.24) is 5.32 Å². The summed E-state index contributed by atoms with van der Waals surface area (Å²) in [6, 6.07) is -1.08. The van der Waals surface area contributed by atoms with Crippen LogP contribution in [0.15, 0.2) is 0 Å². The first-order valence-electron chi connectivity index (χ1n) is 5.43. The number of aliphatic carboxylic acids is 2. The summed E-state index contributed by atoms with van der Waals surface area (Å²) < 4.78 is 31.7. The van der Waals surface area contributed by atoms with E-state index in [9.17, 15) is 22.8 Å². The van der Waals surface area contributed by atoms with Gasteiger partial charge in [-0.3, -0.25) is 9.59 Å². The van der Waals surface area contributed by atoms with Gasteiger partial charge >= 0.3 is 18.1 Å². The van der Waals surface area contributed by atoms with E-state index in [1.165, 1.54) is 0 Å². The van der Waals surface area contributed by atoms with Gasteiger partial charge in [0.2, 0.25) is 5.91 Å². The van der Waals surface area contributed by atoms with Gasteiger partial charge in [-0.1, -0.05) is 0 Å². The van der Waals surface area contributed by atoms with Crippen molar-refractivity contribution in [3.8, 4) is 0 Å². The molecule has 21 heavy (non-hydrogen) atoms. The molecule has 0 unspecified atom stereocenters. The number of aliphatic hydroxyl groups is 1. The highest BCUT2D eigenvalue weighted by atomic mass is 19.4. The number of hydrogen-bond acceptors (Lipinski definition) is 5. The lowest BCUT2D eigenvalue weighted by molar-refractivity contribution is -0.192. The number of carbonyl (C=O) groups is 3. The fourth-order valence-corrected chi connectivity index (χ4v) is 0.747. The molecule has 1 amide bonds. The van der Waals surface area contributed by atoms with Crippen LogP contribution in [0.3, 0.4) is 0 Å². The Labute approximate surface area is 117 Å². The van der Waals surface area contributed by atoms with E-state index in [2.05, 4.69) is 5.32 Å². The number of carboxylic acid groups (broad SMARTS) is 2. The van der Waals surface area contributed by atoms with Crippen molar-refractivity contribution in [3.05, 3.63) is 0 Å². The van der Waals surface area contributed by atoms with Crippen LogP contribution >= 0.6 is 0 Å². The largest absolute Gasteiger partial charge is 0.490 e. The average molecular weight is 318 g/mol. The second kappa shape index (κ2) is 8.42. The van der Waals surface area contributed by atoms with Crippen molar-refractivity contribution in [2.75, 3.05) is 6.61 Å². The predicted molar refractivity (Wildman–Crippen MR) is 63.2 cm³/mol. The second-order valence-corrected chi connectivity index (χ2v) is 4.54. The van der Waals surface area contributed by atoms with Crippen molar-refractivity contribution in [2.24, 2.45) is 5.73 Å². The number of hydrogen-bond donors (Lipinski definition) is 5. The van der Waals surface area contributed by atoms with Crippen LogP contribution in [0.4, 0.5) is 13.2 Å². The molecule has 8 nitrogen and oxygen atoms in total. The van der Waals surface area contributed by atoms with Crippen LogP contribution in [0.2, 0.25) is 0 Å². The molecule has 0 aliphatic rings. The molecule has 6 N–H and O–H groups in total. The predicted octanol–water partition coefficient (Wildman–Crippen LogP) is -0.691. The number of amides is 1. The lowest BCUT2D eigenvalue weighted by atomic mass is 10.1. The van der Waals surface area contributed by atoms with Crippen molar-refractivity contribution in [3.63, 3.8) is 0 Å². The number of nitrogens with two attached hydrogens (primary N) is 1. The van der Waals surface area contributed by atoms with Crippen LogP contribution in [0.1, 0.15) is 20.3 Å². The monoisotopic (exact) mass is 318 g/mol. The van der Waals surface area contributed by atoms with Gasteiger partial charge in [0.05, 0.1) is 24.6 Å². The van der Waals surface area contributed by atoms with E-state index in [0.29, 0.717) is 0 Å². The Hall–Kier alpha value is -1.88. The van der Waals surface area contributed by atoms with Gasteiger partial charge in [-0.15, -0.1) is 0 Å². The van der Waals surface area contributed by atoms with E-state index >= 15 is 0 Å². The van der Waals surface area contributed by atoms with E-state index in [4.69, 9.17) is 25.8 Å². The number of nitrogens with one attached hydrogen (secondary N) is 1. The van der Waals surface area contributed by atoms with Gasteiger partial charge in [-0.25, -0.2) is 4.79 Å². The number of aliphatic hydroxyl groups excluding tert-OH is 1. The molecule has 0 saturated heterocycles. The van der Waals surface area contributed by atoms with Gasteiger partial charge in [0.25, 0.3) is 0 Å². The molecule has 1 atom stereocenters. The van der Waals surface area contributed by atoms with Crippen molar-refractivity contribution in [2.45, 2.75) is 38.0 Å². The van der Waals surface area contributed by atoms with Crippen LogP contribution in [0.5, 0.6) is 0 Å². The summed E-state index contributed by atoms with van der Waals surface area (Å²) in [5.41, 5.74) is 4.52. The Morgan fingerprint density at radius 1 is 1.19 bits per heavy atom. The molecule has 0 aromatic heterocycles. The van der Waals surface area contributed by atoms with E-state index in [1.54, 1.807) is 13.8 Å². The summed E-state index contributed by atoms with van der Waals surface area (Å²) in [6.45, 7) is 2.98. The van der Waals surface area contributed by atoms with Gasteiger partial charge in [-0.2, -0.15) is 13.2 Å². The summed E-state index contributed by atoms with van der Waals surface area (Å²) in [5.74, 6) is -4.46. The van der Waals surface area contributed by atoms with E-state index in [-0.39, 0.29) is 6.61 Å². The van der Waals surface area contributed by atoms with Crippen LogP contribution in [0, 0.1) is 0 Å². The number of carboxylic acids is 2. The van der Waals surface area contributed by atoms with Crippen molar-refractivity contribution in [1.29, 1.82) is 0 Å². The van der Waals surface area contributed by atoms with Crippen LogP contribution in [0.25, 0.3) is 0 Å². The van der Waals surface area contributed by atoms with Crippen molar-refractivity contribution >= 4 is 17.8 Å². The molecule has 0 aliphatic heterocycles. The normalized spacial score (nSPS) is 12.7. The fraction of sp³-hybridized carbons (Fsp3) is 0.700. The average Bonchev–Trinajstić information content (AvgIpc) is 2.27. The smallest absolute Gasteiger partial charge is 0.481 e. The Morgan fingerprint density at radius 2 is 1.57 bits per heavy atom. The zero-order valence-corrected chi connectivity index (χ0v) is 11.3. The molecule has 0 aliphatic carbocycles. The highest BCUT2D eigenvalue weighted by Gasteiger charge is 2.38. The Kier molecular flexibility index (Phi) is 8.58. The molecule has 0 spiro atoms. The first-order chi connectivity index (χ1) is 9.23. The van der Waals surface area contributed by atoms with Gasteiger partial charge in [0.1, 0.15) is 0 Å². The van der Waals surface area contributed by atoms with Gasteiger partial charge in [-0.05, 0) is 13.8 Å². The zero-order valence-electron chi connectivity index (χ0n) is 11.3. The third kappa shape index (κ3) is 11.6. The molecule has 0 bridgehead atoms. The molecule has 0 aromatic carbocycles. The molecular formula is C10H17F3N2O6. The minimum absolute atomic E-state index is 0.238. The summed E-state index contributed by atoms with van der Waals surface area (Å²) in [6.07, 6.45) is -5.51. The molecule has 0 fully saturated rings. The highest BCUT2D eigenvalue weighted by Crippen LogP contribution is 2.13. The Bertz CT molecular complexity index is 383. The van der Waals surface area contributed by atoms with Gasteiger partial charge < -0.3 is 26.4 Å². The SMILES string of the molecule is CC(C)(CO)NC(=O)[C@@H](N)CC(=O)O.O=C(O)C(F)(F)F. The topological polar surface area (TPSA) is 150 Å². The summed E-state index contributed by atoms with van der Waals surface area (Å²) in [4.78, 5) is 30.4. The van der Waals surface area contributed by atoms with E-state index in [0.717, 1.165) is 0 Å². The maximum Gasteiger partial charge on any atom is 0.490 e. The zero-order chi connectivity index (χ0) is 17.4. The molecule has 0 rings (SSSR count). The highest BCUT2D eigenvalue weighted by molar-refractivity contribution is 5.86. The molecule has 0 heterocycles. The van der Waals surface area contributed by atoms with Gasteiger partial charge in [0, 0.05) is 0 Å². The molecule has 0 radical (unpaired) electrons. The Balaban J connectivity index is 0. The first-order valence-corrected chi connectivity index (χ1v) is 5.43. The molecule has 124 valence electrons. The number of alkyl halides is 3. The number of carbonyl (C=O) groups excluding carboxylic acids is 1. The Morgan fingerprint density at radius 3 is 1.81 bits per heavy atom. The maximum absolute atomic E-state index is 11.2. The quantitative estimate of drug-likeness (QED) is 0.450. The van der Waals surface area contributed by atoms with Crippen LogP contribution in [-0.2, 0) is 14.4 Å². The minimum atomic E-state index is -5.08. The molecule has 0 saturated carbocycles. The number of rotatable bonds is 5.